The Bertz CT molecular complexity index is 433. The van der Waals surface area contributed by atoms with Crippen LogP contribution >= 0.6 is 15.9 Å². The fourth-order valence-electron chi connectivity index (χ4n) is 2.04. The first-order chi connectivity index (χ1) is 9.18. The SMILES string of the molecule is CC(OCc1ccccc1Br)C(=O)N1CCNCC1. The van der Waals surface area contributed by atoms with Gasteiger partial charge in [-0.15, -0.1) is 0 Å². The van der Waals surface area contributed by atoms with Crippen molar-refractivity contribution in [1.29, 1.82) is 0 Å². The van der Waals surface area contributed by atoms with E-state index in [1.807, 2.05) is 36.1 Å². The Labute approximate surface area is 122 Å². The lowest BCUT2D eigenvalue weighted by atomic mass is 10.2. The molecule has 19 heavy (non-hydrogen) atoms. The van der Waals surface area contributed by atoms with E-state index in [4.69, 9.17) is 4.74 Å². The van der Waals surface area contributed by atoms with Crippen LogP contribution in [0.4, 0.5) is 0 Å². The molecule has 0 spiro atoms. The van der Waals surface area contributed by atoms with Gasteiger partial charge in [0.1, 0.15) is 6.10 Å². The van der Waals surface area contributed by atoms with Gasteiger partial charge in [-0.3, -0.25) is 4.79 Å². The summed E-state index contributed by atoms with van der Waals surface area (Å²) in [5.41, 5.74) is 1.06. The van der Waals surface area contributed by atoms with Crippen LogP contribution in [-0.2, 0) is 16.1 Å². The van der Waals surface area contributed by atoms with Crippen LogP contribution in [0.2, 0.25) is 0 Å². The van der Waals surface area contributed by atoms with E-state index in [9.17, 15) is 4.79 Å². The molecular formula is C14H19BrN2O2. The molecule has 1 aliphatic rings. The van der Waals surface area contributed by atoms with Crippen molar-refractivity contribution in [3.8, 4) is 0 Å². The Kier molecular flexibility index (Phi) is 5.36. The normalized spacial score (nSPS) is 17.3. The Hall–Kier alpha value is -0.910. The molecule has 1 unspecified atom stereocenters. The summed E-state index contributed by atoms with van der Waals surface area (Å²) in [6.45, 7) is 5.52. The van der Waals surface area contributed by atoms with Gasteiger partial charge in [0.05, 0.1) is 6.61 Å². The summed E-state index contributed by atoms with van der Waals surface area (Å²) in [5, 5.41) is 3.23. The summed E-state index contributed by atoms with van der Waals surface area (Å²) >= 11 is 3.48. The van der Waals surface area contributed by atoms with Gasteiger partial charge in [0.25, 0.3) is 5.91 Å². The van der Waals surface area contributed by atoms with Crippen molar-refractivity contribution in [2.45, 2.75) is 19.6 Å². The Morgan fingerprint density at radius 1 is 1.42 bits per heavy atom. The zero-order valence-electron chi connectivity index (χ0n) is 11.1. The molecule has 1 fully saturated rings. The molecule has 0 aromatic heterocycles. The van der Waals surface area contributed by atoms with Crippen molar-refractivity contribution in [3.63, 3.8) is 0 Å². The molecule has 2 rings (SSSR count). The van der Waals surface area contributed by atoms with Crippen molar-refractivity contribution in [2.24, 2.45) is 0 Å². The van der Waals surface area contributed by atoms with E-state index < -0.39 is 6.10 Å². The first-order valence-electron chi connectivity index (χ1n) is 6.53. The van der Waals surface area contributed by atoms with Crippen LogP contribution in [0.5, 0.6) is 0 Å². The minimum absolute atomic E-state index is 0.0774. The van der Waals surface area contributed by atoms with E-state index in [-0.39, 0.29) is 5.91 Å². The van der Waals surface area contributed by atoms with Crippen molar-refractivity contribution in [2.75, 3.05) is 26.2 Å². The van der Waals surface area contributed by atoms with Gasteiger partial charge in [-0.05, 0) is 18.6 Å². The number of hydrogen-bond donors (Lipinski definition) is 1. The molecule has 0 aliphatic carbocycles. The number of nitrogens with zero attached hydrogens (tertiary/aromatic N) is 1. The predicted molar refractivity (Wildman–Crippen MR) is 77.8 cm³/mol. The average Bonchev–Trinajstić information content (AvgIpc) is 2.46. The summed E-state index contributed by atoms with van der Waals surface area (Å²) in [6.07, 6.45) is -0.398. The largest absolute Gasteiger partial charge is 0.364 e. The minimum atomic E-state index is -0.398. The number of halogens is 1. The van der Waals surface area contributed by atoms with E-state index in [0.29, 0.717) is 6.61 Å². The van der Waals surface area contributed by atoms with Crippen LogP contribution in [0.15, 0.2) is 28.7 Å². The molecule has 5 heteroatoms. The molecule has 1 atom stereocenters. The van der Waals surface area contributed by atoms with E-state index >= 15 is 0 Å². The number of nitrogens with one attached hydrogen (secondary N) is 1. The van der Waals surface area contributed by atoms with Crippen LogP contribution in [-0.4, -0.2) is 43.1 Å². The fraction of sp³-hybridized carbons (Fsp3) is 0.500. The highest BCUT2D eigenvalue weighted by Crippen LogP contribution is 2.17. The molecule has 1 saturated heterocycles. The van der Waals surface area contributed by atoms with Crippen LogP contribution in [0.1, 0.15) is 12.5 Å². The first-order valence-corrected chi connectivity index (χ1v) is 7.32. The van der Waals surface area contributed by atoms with Crippen LogP contribution in [0.3, 0.4) is 0 Å². The minimum Gasteiger partial charge on any atom is -0.364 e. The molecule has 0 radical (unpaired) electrons. The molecular weight excluding hydrogens is 308 g/mol. The van der Waals surface area contributed by atoms with Gasteiger partial charge in [0, 0.05) is 30.7 Å². The number of ether oxygens (including phenoxy) is 1. The van der Waals surface area contributed by atoms with E-state index in [2.05, 4.69) is 21.2 Å². The lowest BCUT2D eigenvalue weighted by Gasteiger charge is -2.29. The monoisotopic (exact) mass is 326 g/mol. The molecule has 4 nitrogen and oxygen atoms in total. The molecule has 1 aliphatic heterocycles. The number of benzene rings is 1. The maximum atomic E-state index is 12.2. The standard InChI is InChI=1S/C14H19BrN2O2/c1-11(14(18)17-8-6-16-7-9-17)19-10-12-4-2-3-5-13(12)15/h2-5,11,16H,6-10H2,1H3. The lowest BCUT2D eigenvalue weighted by Crippen LogP contribution is -2.49. The number of piperazine rings is 1. The molecule has 1 aromatic carbocycles. The molecule has 0 saturated carbocycles. The Morgan fingerprint density at radius 2 is 2.11 bits per heavy atom. The van der Waals surface area contributed by atoms with Crippen molar-refractivity contribution in [3.05, 3.63) is 34.3 Å². The van der Waals surface area contributed by atoms with Gasteiger partial charge < -0.3 is 15.0 Å². The van der Waals surface area contributed by atoms with Gasteiger partial charge in [0.15, 0.2) is 0 Å². The Morgan fingerprint density at radius 3 is 2.79 bits per heavy atom. The third-order valence-corrected chi connectivity index (χ3v) is 4.00. The average molecular weight is 327 g/mol. The zero-order chi connectivity index (χ0) is 13.7. The quantitative estimate of drug-likeness (QED) is 0.917. The van der Waals surface area contributed by atoms with Crippen LogP contribution < -0.4 is 5.32 Å². The lowest BCUT2D eigenvalue weighted by molar-refractivity contribution is -0.144. The maximum Gasteiger partial charge on any atom is 0.251 e. The maximum absolute atomic E-state index is 12.2. The summed E-state index contributed by atoms with van der Waals surface area (Å²) in [7, 11) is 0. The highest BCUT2D eigenvalue weighted by molar-refractivity contribution is 9.10. The van der Waals surface area contributed by atoms with Gasteiger partial charge >= 0.3 is 0 Å². The van der Waals surface area contributed by atoms with Crippen molar-refractivity contribution < 1.29 is 9.53 Å². The second kappa shape index (κ2) is 7.03. The van der Waals surface area contributed by atoms with Crippen molar-refractivity contribution >= 4 is 21.8 Å². The predicted octanol–water partition coefficient (Wildman–Crippen LogP) is 1.79. The highest BCUT2D eigenvalue weighted by Gasteiger charge is 2.22. The number of carbonyl (C=O) groups excluding carboxylic acids is 1. The smallest absolute Gasteiger partial charge is 0.251 e. The number of hydrogen-bond acceptors (Lipinski definition) is 3. The Balaban J connectivity index is 1.85. The van der Waals surface area contributed by atoms with Crippen molar-refractivity contribution in [1.82, 2.24) is 10.2 Å². The van der Waals surface area contributed by atoms with Crippen LogP contribution in [0.25, 0.3) is 0 Å². The number of carbonyl (C=O) groups is 1. The summed E-state index contributed by atoms with van der Waals surface area (Å²) < 4.78 is 6.69. The highest BCUT2D eigenvalue weighted by atomic mass is 79.9. The second-order valence-electron chi connectivity index (χ2n) is 4.62. The molecule has 1 amide bonds. The molecule has 104 valence electrons. The molecule has 1 aromatic rings. The molecule has 1 heterocycles. The summed E-state index contributed by atoms with van der Waals surface area (Å²) in [4.78, 5) is 14.0. The summed E-state index contributed by atoms with van der Waals surface area (Å²) in [6, 6.07) is 7.89. The number of amides is 1. The number of rotatable bonds is 4. The fourth-order valence-corrected chi connectivity index (χ4v) is 2.44. The second-order valence-corrected chi connectivity index (χ2v) is 5.47. The molecule has 1 N–H and O–H groups in total. The zero-order valence-corrected chi connectivity index (χ0v) is 12.6. The molecule has 0 bridgehead atoms. The summed E-state index contributed by atoms with van der Waals surface area (Å²) in [5.74, 6) is 0.0774. The first kappa shape index (κ1) is 14.5. The van der Waals surface area contributed by atoms with Gasteiger partial charge in [-0.25, -0.2) is 0 Å². The van der Waals surface area contributed by atoms with E-state index in [0.717, 1.165) is 36.2 Å². The van der Waals surface area contributed by atoms with Gasteiger partial charge in [-0.2, -0.15) is 0 Å². The topological polar surface area (TPSA) is 41.6 Å². The van der Waals surface area contributed by atoms with Crippen LogP contribution in [0, 0.1) is 0 Å². The van der Waals surface area contributed by atoms with E-state index in [1.54, 1.807) is 0 Å². The van der Waals surface area contributed by atoms with Gasteiger partial charge in [0.2, 0.25) is 0 Å². The third kappa shape index (κ3) is 4.03. The third-order valence-electron chi connectivity index (χ3n) is 3.22. The van der Waals surface area contributed by atoms with E-state index in [1.165, 1.54) is 0 Å². The van der Waals surface area contributed by atoms with Gasteiger partial charge in [-0.1, -0.05) is 34.1 Å².